The zero-order valence-corrected chi connectivity index (χ0v) is 15.4. The maximum absolute atomic E-state index is 12.6. The molecule has 0 saturated carbocycles. The number of rotatable bonds is 4. The topological polar surface area (TPSA) is 51.2 Å². The van der Waals surface area contributed by atoms with Gasteiger partial charge in [0.05, 0.1) is 21.2 Å². The largest absolute Gasteiger partial charge is 0.437 e. The Morgan fingerprint density at radius 2 is 1.75 bits per heavy atom. The lowest BCUT2D eigenvalue weighted by atomic mass is 10.2. The number of halogens is 5. The molecule has 3 aromatic rings. The van der Waals surface area contributed by atoms with Gasteiger partial charge < -0.3 is 10.1 Å². The number of carbonyl (C=O) groups is 1. The van der Waals surface area contributed by atoms with Crippen LogP contribution < -0.4 is 10.1 Å². The number of aromatic nitrogens is 1. The number of carbonyl (C=O) groups excluding carboxylic acids is 1. The van der Waals surface area contributed by atoms with Gasteiger partial charge in [-0.25, -0.2) is 4.98 Å². The average Bonchev–Trinajstić information content (AvgIpc) is 2.64. The first-order valence-electron chi connectivity index (χ1n) is 7.80. The number of hydrogen-bond donors (Lipinski definition) is 1. The summed E-state index contributed by atoms with van der Waals surface area (Å²) in [7, 11) is 0. The van der Waals surface area contributed by atoms with E-state index in [2.05, 4.69) is 10.3 Å². The number of nitrogens with one attached hydrogen (secondary N) is 1. The van der Waals surface area contributed by atoms with E-state index < -0.39 is 17.6 Å². The quantitative estimate of drug-likeness (QED) is 0.521. The van der Waals surface area contributed by atoms with Gasteiger partial charge >= 0.3 is 6.18 Å². The van der Waals surface area contributed by atoms with Gasteiger partial charge in [0.2, 0.25) is 5.88 Å². The highest BCUT2D eigenvalue weighted by molar-refractivity contribution is 6.34. The zero-order valence-electron chi connectivity index (χ0n) is 13.9. The minimum atomic E-state index is -4.48. The van der Waals surface area contributed by atoms with Crippen LogP contribution in [0.25, 0.3) is 0 Å². The monoisotopic (exact) mass is 426 g/mol. The highest BCUT2D eigenvalue weighted by atomic mass is 35.5. The number of ether oxygens (including phenoxy) is 1. The standard InChI is InChI=1S/C19H11Cl2F3N2O2/c20-14-4-2-1-3-13(14)18(27)26-12-6-7-16(15(21)9-12)28-17-8-5-11(10-25-17)19(22,23)24/h1-10H,(H,26,27). The van der Waals surface area contributed by atoms with Crippen molar-refractivity contribution in [1.29, 1.82) is 0 Å². The lowest BCUT2D eigenvalue weighted by Gasteiger charge is -2.11. The Morgan fingerprint density at radius 1 is 1.00 bits per heavy atom. The molecule has 0 radical (unpaired) electrons. The lowest BCUT2D eigenvalue weighted by molar-refractivity contribution is -0.137. The van der Waals surface area contributed by atoms with E-state index in [4.69, 9.17) is 27.9 Å². The summed E-state index contributed by atoms with van der Waals surface area (Å²) in [6, 6.07) is 12.9. The SMILES string of the molecule is O=C(Nc1ccc(Oc2ccc(C(F)(F)F)cn2)c(Cl)c1)c1ccccc1Cl. The van der Waals surface area contributed by atoms with Crippen LogP contribution in [0.2, 0.25) is 10.0 Å². The first kappa shape index (κ1) is 20.0. The van der Waals surface area contributed by atoms with Crippen LogP contribution in [0.4, 0.5) is 18.9 Å². The minimum Gasteiger partial charge on any atom is -0.437 e. The van der Waals surface area contributed by atoms with E-state index in [1.165, 1.54) is 18.2 Å². The Bertz CT molecular complexity index is 1010. The predicted octanol–water partition coefficient (Wildman–Crippen LogP) is 6.45. The van der Waals surface area contributed by atoms with Crippen LogP contribution in [0.15, 0.2) is 60.8 Å². The van der Waals surface area contributed by atoms with Crippen LogP contribution in [0.3, 0.4) is 0 Å². The molecule has 0 bridgehead atoms. The van der Waals surface area contributed by atoms with E-state index in [1.54, 1.807) is 24.3 Å². The summed E-state index contributed by atoms with van der Waals surface area (Å²) in [5.41, 5.74) is -0.194. The third-order valence-corrected chi connectivity index (χ3v) is 4.21. The van der Waals surface area contributed by atoms with Crippen LogP contribution in [0.1, 0.15) is 15.9 Å². The number of pyridine rings is 1. The normalized spacial score (nSPS) is 11.2. The fourth-order valence-corrected chi connectivity index (χ4v) is 2.67. The summed E-state index contributed by atoms with van der Waals surface area (Å²) in [5, 5.41) is 3.09. The third-order valence-electron chi connectivity index (χ3n) is 3.59. The first-order chi connectivity index (χ1) is 13.2. The molecule has 0 unspecified atom stereocenters. The molecule has 1 amide bonds. The molecule has 0 aliphatic carbocycles. The fourth-order valence-electron chi connectivity index (χ4n) is 2.23. The van der Waals surface area contributed by atoms with Gasteiger partial charge in [0, 0.05) is 18.0 Å². The van der Waals surface area contributed by atoms with E-state index in [1.807, 2.05) is 0 Å². The zero-order chi connectivity index (χ0) is 20.3. The summed E-state index contributed by atoms with van der Waals surface area (Å²) in [6.07, 6.45) is -3.81. The lowest BCUT2D eigenvalue weighted by Crippen LogP contribution is -2.12. The van der Waals surface area contributed by atoms with Crippen molar-refractivity contribution in [3.8, 4) is 11.6 Å². The Hall–Kier alpha value is -2.77. The van der Waals surface area contributed by atoms with E-state index in [-0.39, 0.29) is 16.7 Å². The second-order valence-electron chi connectivity index (χ2n) is 5.56. The number of alkyl halides is 3. The smallest absolute Gasteiger partial charge is 0.417 e. The van der Waals surface area contributed by atoms with Gasteiger partial charge in [-0.15, -0.1) is 0 Å². The molecule has 0 atom stereocenters. The highest BCUT2D eigenvalue weighted by Crippen LogP contribution is 2.33. The summed E-state index contributed by atoms with van der Waals surface area (Å²) >= 11 is 12.1. The molecular weight excluding hydrogens is 416 g/mol. The fraction of sp³-hybridized carbons (Fsp3) is 0.0526. The number of benzene rings is 2. The summed E-state index contributed by atoms with van der Waals surface area (Å²) in [6.45, 7) is 0. The molecule has 2 aromatic carbocycles. The first-order valence-corrected chi connectivity index (χ1v) is 8.56. The number of anilines is 1. The van der Waals surface area contributed by atoms with Gasteiger partial charge in [-0.3, -0.25) is 4.79 Å². The molecular formula is C19H11Cl2F3N2O2. The third kappa shape index (κ3) is 4.74. The second kappa shape index (κ2) is 8.08. The molecule has 0 fully saturated rings. The molecule has 0 aliphatic heterocycles. The molecule has 0 aliphatic rings. The van der Waals surface area contributed by atoms with E-state index in [0.29, 0.717) is 22.5 Å². The predicted molar refractivity (Wildman–Crippen MR) is 100 cm³/mol. The number of hydrogen-bond acceptors (Lipinski definition) is 3. The van der Waals surface area contributed by atoms with Crippen molar-refractivity contribution in [2.45, 2.75) is 6.18 Å². The van der Waals surface area contributed by atoms with Crippen LogP contribution >= 0.6 is 23.2 Å². The summed E-state index contributed by atoms with van der Waals surface area (Å²) in [4.78, 5) is 15.9. The molecule has 9 heteroatoms. The van der Waals surface area contributed by atoms with Gasteiger partial charge in [-0.2, -0.15) is 13.2 Å². The van der Waals surface area contributed by atoms with Gasteiger partial charge in [-0.1, -0.05) is 35.3 Å². The van der Waals surface area contributed by atoms with Crippen molar-refractivity contribution in [2.75, 3.05) is 5.32 Å². The maximum Gasteiger partial charge on any atom is 0.417 e. The molecule has 1 heterocycles. The van der Waals surface area contributed by atoms with Gasteiger partial charge in [0.25, 0.3) is 5.91 Å². The molecule has 4 nitrogen and oxygen atoms in total. The van der Waals surface area contributed by atoms with Crippen molar-refractivity contribution in [1.82, 2.24) is 4.98 Å². The second-order valence-corrected chi connectivity index (χ2v) is 6.38. The van der Waals surface area contributed by atoms with Crippen LogP contribution in [-0.4, -0.2) is 10.9 Å². The van der Waals surface area contributed by atoms with E-state index in [0.717, 1.165) is 12.1 Å². The highest BCUT2D eigenvalue weighted by Gasteiger charge is 2.30. The van der Waals surface area contributed by atoms with Crippen molar-refractivity contribution < 1.29 is 22.7 Å². The van der Waals surface area contributed by atoms with Crippen LogP contribution in [0, 0.1) is 0 Å². The molecule has 1 aromatic heterocycles. The Balaban J connectivity index is 1.72. The van der Waals surface area contributed by atoms with Gasteiger partial charge in [0.15, 0.2) is 0 Å². The molecule has 144 valence electrons. The Labute approximate surface area is 167 Å². The van der Waals surface area contributed by atoms with Crippen molar-refractivity contribution in [3.63, 3.8) is 0 Å². The van der Waals surface area contributed by atoms with Gasteiger partial charge in [0.1, 0.15) is 5.75 Å². The van der Waals surface area contributed by atoms with Gasteiger partial charge in [-0.05, 0) is 36.4 Å². The minimum absolute atomic E-state index is 0.0530. The van der Waals surface area contributed by atoms with E-state index >= 15 is 0 Å². The summed E-state index contributed by atoms with van der Waals surface area (Å²) in [5.74, 6) is -0.299. The Kier molecular flexibility index (Phi) is 5.76. The van der Waals surface area contributed by atoms with Crippen LogP contribution in [-0.2, 0) is 6.18 Å². The Morgan fingerprint density at radius 3 is 2.36 bits per heavy atom. The van der Waals surface area contributed by atoms with E-state index in [9.17, 15) is 18.0 Å². The molecule has 28 heavy (non-hydrogen) atoms. The average molecular weight is 427 g/mol. The summed E-state index contributed by atoms with van der Waals surface area (Å²) < 4.78 is 43.1. The molecule has 1 N–H and O–H groups in total. The molecule has 0 spiro atoms. The van der Waals surface area contributed by atoms with Crippen LogP contribution in [0.5, 0.6) is 11.6 Å². The van der Waals surface area contributed by atoms with Crippen molar-refractivity contribution in [3.05, 3.63) is 82.0 Å². The molecule has 0 saturated heterocycles. The molecule has 3 rings (SSSR count). The number of nitrogens with zero attached hydrogens (tertiary/aromatic N) is 1. The maximum atomic E-state index is 12.6. The number of amides is 1. The van der Waals surface area contributed by atoms with Crippen molar-refractivity contribution >= 4 is 34.8 Å². The van der Waals surface area contributed by atoms with Crippen molar-refractivity contribution in [2.24, 2.45) is 0 Å².